The Morgan fingerprint density at radius 2 is 1.50 bits per heavy atom. The van der Waals surface area contributed by atoms with E-state index >= 15 is 0 Å². The molecule has 0 spiro atoms. The Morgan fingerprint density at radius 1 is 0.882 bits per heavy atom. The number of unbranched alkanes of at least 4 members (excludes halogenated alkanes) is 3. The predicted molar refractivity (Wildman–Crippen MR) is 129 cm³/mol. The van der Waals surface area contributed by atoms with Crippen LogP contribution in [0.4, 0.5) is 4.79 Å². The second-order valence-corrected chi connectivity index (χ2v) is 9.21. The first kappa shape index (κ1) is 28.9. The average Bonchev–Trinajstić information content (AvgIpc) is 2.74. The van der Waals surface area contributed by atoms with E-state index in [1.165, 1.54) is 0 Å². The Hall–Kier alpha value is -3.10. The van der Waals surface area contributed by atoms with E-state index in [-0.39, 0.29) is 18.2 Å². The number of carboxylic acids is 1. The highest BCUT2D eigenvalue weighted by Crippen LogP contribution is 2.08. The summed E-state index contributed by atoms with van der Waals surface area (Å²) in [7, 11) is 0. The van der Waals surface area contributed by atoms with Crippen LogP contribution in [0, 0.1) is 0 Å². The molecular formula is C25H39N3O6. The largest absolute Gasteiger partial charge is 0.480 e. The number of rotatable bonds is 15. The first-order chi connectivity index (χ1) is 16.1. The smallest absolute Gasteiger partial charge is 0.408 e. The maximum atomic E-state index is 11.9. The van der Waals surface area contributed by atoms with Crippen LogP contribution in [-0.4, -0.2) is 53.7 Å². The number of benzene rings is 1. The summed E-state index contributed by atoms with van der Waals surface area (Å²) >= 11 is 0. The van der Waals surface area contributed by atoms with Crippen LogP contribution in [0.2, 0.25) is 0 Å². The monoisotopic (exact) mass is 477 g/mol. The van der Waals surface area contributed by atoms with E-state index < -0.39 is 23.7 Å². The van der Waals surface area contributed by atoms with Crippen molar-refractivity contribution in [2.75, 3.05) is 13.1 Å². The Kier molecular flexibility index (Phi) is 13.3. The van der Waals surface area contributed by atoms with Crippen molar-refractivity contribution in [3.05, 3.63) is 35.9 Å². The van der Waals surface area contributed by atoms with Gasteiger partial charge in [-0.15, -0.1) is 0 Å². The Morgan fingerprint density at radius 3 is 2.12 bits per heavy atom. The highest BCUT2D eigenvalue weighted by molar-refractivity contribution is 5.80. The van der Waals surface area contributed by atoms with Gasteiger partial charge in [0.25, 0.3) is 0 Å². The van der Waals surface area contributed by atoms with E-state index in [2.05, 4.69) is 16.0 Å². The van der Waals surface area contributed by atoms with Gasteiger partial charge in [0.15, 0.2) is 0 Å². The lowest BCUT2D eigenvalue weighted by Gasteiger charge is -2.22. The summed E-state index contributed by atoms with van der Waals surface area (Å²) in [4.78, 5) is 46.9. The van der Waals surface area contributed by atoms with Crippen molar-refractivity contribution in [1.29, 1.82) is 0 Å². The van der Waals surface area contributed by atoms with Gasteiger partial charge in [-0.05, 0) is 58.4 Å². The van der Waals surface area contributed by atoms with Gasteiger partial charge in [0, 0.05) is 19.5 Å². The highest BCUT2D eigenvalue weighted by Gasteiger charge is 2.23. The van der Waals surface area contributed by atoms with E-state index in [1.807, 2.05) is 30.3 Å². The molecule has 0 radical (unpaired) electrons. The average molecular weight is 478 g/mol. The number of aliphatic carboxylic acids is 1. The van der Waals surface area contributed by atoms with Crippen molar-refractivity contribution < 1.29 is 29.0 Å². The van der Waals surface area contributed by atoms with Gasteiger partial charge >= 0.3 is 12.1 Å². The molecule has 0 unspecified atom stereocenters. The SMILES string of the molecule is CC(C)(C)OC(=O)N[C@@H](CCCCNC(=O)CCCCCNC(=O)Cc1ccccc1)C(=O)O. The van der Waals surface area contributed by atoms with Gasteiger partial charge in [0.1, 0.15) is 11.6 Å². The van der Waals surface area contributed by atoms with E-state index in [0.717, 1.165) is 24.8 Å². The molecule has 1 aromatic rings. The van der Waals surface area contributed by atoms with Gasteiger partial charge in [-0.2, -0.15) is 0 Å². The minimum Gasteiger partial charge on any atom is -0.480 e. The molecule has 1 atom stereocenters. The summed E-state index contributed by atoms with van der Waals surface area (Å²) in [6, 6.07) is 8.54. The molecule has 0 saturated carbocycles. The molecule has 0 aliphatic carbocycles. The fraction of sp³-hybridized carbons (Fsp3) is 0.600. The first-order valence-electron chi connectivity index (χ1n) is 11.9. The number of carbonyl (C=O) groups excluding carboxylic acids is 3. The molecule has 3 amide bonds. The Bertz CT molecular complexity index is 777. The number of carboxylic acid groups (broad SMARTS) is 1. The molecule has 9 nitrogen and oxygen atoms in total. The zero-order chi connectivity index (χ0) is 25.4. The summed E-state index contributed by atoms with van der Waals surface area (Å²) in [5, 5.41) is 17.3. The predicted octanol–water partition coefficient (Wildman–Crippen LogP) is 3.17. The maximum absolute atomic E-state index is 11.9. The van der Waals surface area contributed by atoms with Crippen LogP contribution >= 0.6 is 0 Å². The number of ether oxygens (including phenoxy) is 1. The normalized spacial score (nSPS) is 11.9. The fourth-order valence-corrected chi connectivity index (χ4v) is 3.16. The van der Waals surface area contributed by atoms with Crippen LogP contribution in [0.1, 0.15) is 71.3 Å². The molecule has 1 rings (SSSR count). The van der Waals surface area contributed by atoms with Crippen LogP contribution < -0.4 is 16.0 Å². The van der Waals surface area contributed by atoms with Crippen LogP contribution in [0.5, 0.6) is 0 Å². The summed E-state index contributed by atoms with van der Waals surface area (Å²) < 4.78 is 5.08. The van der Waals surface area contributed by atoms with Gasteiger partial charge in [0.05, 0.1) is 6.42 Å². The Balaban J connectivity index is 2.05. The lowest BCUT2D eigenvalue weighted by atomic mass is 10.1. The third-order valence-corrected chi connectivity index (χ3v) is 4.84. The van der Waals surface area contributed by atoms with Gasteiger partial charge in [0.2, 0.25) is 11.8 Å². The van der Waals surface area contributed by atoms with Crippen molar-refractivity contribution in [3.8, 4) is 0 Å². The van der Waals surface area contributed by atoms with Crippen LogP contribution in [0.25, 0.3) is 0 Å². The lowest BCUT2D eigenvalue weighted by molar-refractivity contribution is -0.139. The van der Waals surface area contributed by atoms with Crippen molar-refractivity contribution in [3.63, 3.8) is 0 Å². The summed E-state index contributed by atoms with van der Waals surface area (Å²) in [6.07, 6.45) is 3.81. The van der Waals surface area contributed by atoms with Gasteiger partial charge in [-0.3, -0.25) is 9.59 Å². The van der Waals surface area contributed by atoms with Crippen LogP contribution in [-0.2, 0) is 25.5 Å². The second kappa shape index (κ2) is 15.7. The molecule has 0 heterocycles. The van der Waals surface area contributed by atoms with Gasteiger partial charge in [-0.1, -0.05) is 36.8 Å². The number of nitrogens with one attached hydrogen (secondary N) is 3. The molecule has 190 valence electrons. The highest BCUT2D eigenvalue weighted by atomic mass is 16.6. The number of hydrogen-bond donors (Lipinski definition) is 4. The summed E-state index contributed by atoms with van der Waals surface area (Å²) in [5.74, 6) is -1.17. The molecule has 0 fully saturated rings. The minimum absolute atomic E-state index is 0.00428. The van der Waals surface area contributed by atoms with E-state index in [9.17, 15) is 24.3 Å². The van der Waals surface area contributed by atoms with E-state index in [1.54, 1.807) is 20.8 Å². The third-order valence-electron chi connectivity index (χ3n) is 4.84. The van der Waals surface area contributed by atoms with E-state index in [0.29, 0.717) is 38.8 Å². The number of alkyl carbamates (subject to hydrolysis) is 1. The molecule has 0 saturated heterocycles. The molecule has 0 aromatic heterocycles. The zero-order valence-corrected chi connectivity index (χ0v) is 20.5. The number of carbonyl (C=O) groups is 4. The molecule has 0 bridgehead atoms. The minimum atomic E-state index is -1.12. The molecular weight excluding hydrogens is 438 g/mol. The first-order valence-corrected chi connectivity index (χ1v) is 11.9. The van der Waals surface area contributed by atoms with Gasteiger partial charge < -0.3 is 25.8 Å². The molecule has 34 heavy (non-hydrogen) atoms. The summed E-state index contributed by atoms with van der Waals surface area (Å²) in [6.45, 7) is 6.16. The molecule has 0 aliphatic heterocycles. The molecule has 0 aliphatic rings. The van der Waals surface area contributed by atoms with Crippen LogP contribution in [0.3, 0.4) is 0 Å². The number of amides is 3. The Labute approximate surface area is 202 Å². The molecule has 9 heteroatoms. The zero-order valence-electron chi connectivity index (χ0n) is 20.5. The maximum Gasteiger partial charge on any atom is 0.408 e. The molecule has 4 N–H and O–H groups in total. The molecule has 1 aromatic carbocycles. The van der Waals surface area contributed by atoms with E-state index in [4.69, 9.17) is 4.74 Å². The fourth-order valence-electron chi connectivity index (χ4n) is 3.16. The third kappa shape index (κ3) is 14.9. The van der Waals surface area contributed by atoms with Crippen molar-refractivity contribution in [1.82, 2.24) is 16.0 Å². The van der Waals surface area contributed by atoms with Crippen molar-refractivity contribution in [2.45, 2.75) is 83.8 Å². The van der Waals surface area contributed by atoms with Gasteiger partial charge in [-0.25, -0.2) is 9.59 Å². The van der Waals surface area contributed by atoms with Crippen LogP contribution in [0.15, 0.2) is 30.3 Å². The quantitative estimate of drug-likeness (QED) is 0.287. The summed E-state index contributed by atoms with van der Waals surface area (Å²) in [5.41, 5.74) is 0.280. The number of hydrogen-bond acceptors (Lipinski definition) is 5. The second-order valence-electron chi connectivity index (χ2n) is 9.21. The van der Waals surface area contributed by atoms with Crippen molar-refractivity contribution >= 4 is 23.9 Å². The van der Waals surface area contributed by atoms with Crippen molar-refractivity contribution in [2.24, 2.45) is 0 Å². The topological polar surface area (TPSA) is 134 Å². The lowest BCUT2D eigenvalue weighted by Crippen LogP contribution is -2.43. The standard InChI is InChI=1S/C25H39N3O6/c1-25(2,3)34-24(33)28-20(23(31)32)14-9-11-17-26-21(29)15-8-5-10-16-27-22(30)18-19-12-6-4-7-13-19/h4,6-7,12-13,20H,5,8-11,14-18H2,1-3H3,(H,26,29)(H,27,30)(H,28,33)(H,31,32)/t20-/m0/s1.